The third-order valence-corrected chi connectivity index (χ3v) is 5.12. The average molecular weight is 384 g/mol. The number of hydrogen-bond acceptors (Lipinski definition) is 5. The lowest BCUT2D eigenvalue weighted by molar-refractivity contribution is 0.0162. The van der Waals surface area contributed by atoms with Crippen molar-refractivity contribution in [2.75, 3.05) is 47.1 Å². The molecule has 1 N–H and O–H groups in total. The van der Waals surface area contributed by atoms with E-state index in [2.05, 4.69) is 10.2 Å². The van der Waals surface area contributed by atoms with Crippen LogP contribution >= 0.6 is 0 Å². The van der Waals surface area contributed by atoms with E-state index in [1.165, 1.54) is 0 Å². The normalized spacial score (nSPS) is 15.7. The number of ether oxygens (including phenoxy) is 3. The molecule has 28 heavy (non-hydrogen) atoms. The van der Waals surface area contributed by atoms with E-state index in [9.17, 15) is 4.79 Å². The molecule has 1 atom stereocenters. The van der Waals surface area contributed by atoms with Gasteiger partial charge in [0.1, 0.15) is 0 Å². The number of carbonyl (C=O) groups excluding carboxylic acids is 1. The standard InChI is InChI=1S/C22H28N2O4/c1-16-6-4-5-7-18(16)22(25)23-15-19(24-10-12-28-13-11-24)17-8-9-20(26-2)21(14-17)27-3/h4-9,14,19H,10-13,15H2,1-3H3,(H,23,25)/t19-/m1/s1. The first-order chi connectivity index (χ1) is 13.6. The highest BCUT2D eigenvalue weighted by Gasteiger charge is 2.24. The summed E-state index contributed by atoms with van der Waals surface area (Å²) in [4.78, 5) is 15.0. The first kappa shape index (κ1) is 20.2. The Morgan fingerprint density at radius 2 is 1.82 bits per heavy atom. The smallest absolute Gasteiger partial charge is 0.251 e. The fourth-order valence-electron chi connectivity index (χ4n) is 3.52. The Labute approximate surface area is 166 Å². The zero-order valence-electron chi connectivity index (χ0n) is 16.7. The number of amides is 1. The van der Waals surface area contributed by atoms with Crippen molar-refractivity contribution in [2.45, 2.75) is 13.0 Å². The van der Waals surface area contributed by atoms with Crippen molar-refractivity contribution >= 4 is 5.91 Å². The van der Waals surface area contributed by atoms with Gasteiger partial charge in [-0.25, -0.2) is 0 Å². The van der Waals surface area contributed by atoms with Crippen LogP contribution in [-0.4, -0.2) is 57.9 Å². The summed E-state index contributed by atoms with van der Waals surface area (Å²) in [5.41, 5.74) is 2.74. The van der Waals surface area contributed by atoms with Crippen LogP contribution in [0.5, 0.6) is 11.5 Å². The molecular formula is C22H28N2O4. The molecule has 0 bridgehead atoms. The number of carbonyl (C=O) groups is 1. The molecule has 1 amide bonds. The summed E-state index contributed by atoms with van der Waals surface area (Å²) < 4.78 is 16.3. The summed E-state index contributed by atoms with van der Waals surface area (Å²) in [5.74, 6) is 1.32. The fourth-order valence-corrected chi connectivity index (χ4v) is 3.52. The third-order valence-electron chi connectivity index (χ3n) is 5.12. The van der Waals surface area contributed by atoms with Crippen LogP contribution in [0, 0.1) is 6.92 Å². The molecule has 2 aromatic rings. The Morgan fingerprint density at radius 3 is 2.50 bits per heavy atom. The second-order valence-corrected chi connectivity index (χ2v) is 6.80. The number of aryl methyl sites for hydroxylation is 1. The van der Waals surface area contributed by atoms with Crippen LogP contribution in [0.4, 0.5) is 0 Å². The van der Waals surface area contributed by atoms with Gasteiger partial charge >= 0.3 is 0 Å². The molecule has 3 rings (SSSR count). The van der Waals surface area contributed by atoms with Crippen molar-refractivity contribution in [1.82, 2.24) is 10.2 Å². The zero-order valence-corrected chi connectivity index (χ0v) is 16.7. The fraction of sp³-hybridized carbons (Fsp3) is 0.409. The van der Waals surface area contributed by atoms with Gasteiger partial charge in [0, 0.05) is 25.2 Å². The molecule has 0 aliphatic carbocycles. The molecule has 1 saturated heterocycles. The molecule has 1 aliphatic heterocycles. The number of benzene rings is 2. The number of nitrogens with one attached hydrogen (secondary N) is 1. The van der Waals surface area contributed by atoms with Gasteiger partial charge in [0.05, 0.1) is 33.5 Å². The summed E-state index contributed by atoms with van der Waals surface area (Å²) in [6.45, 7) is 5.47. The largest absolute Gasteiger partial charge is 0.493 e. The van der Waals surface area contributed by atoms with Crippen LogP contribution in [0.3, 0.4) is 0 Å². The molecule has 6 heteroatoms. The van der Waals surface area contributed by atoms with Gasteiger partial charge in [-0.2, -0.15) is 0 Å². The van der Waals surface area contributed by atoms with E-state index in [0.717, 1.165) is 24.2 Å². The molecule has 6 nitrogen and oxygen atoms in total. The van der Waals surface area contributed by atoms with Crippen LogP contribution in [0.15, 0.2) is 42.5 Å². The lowest BCUT2D eigenvalue weighted by Gasteiger charge is -2.35. The molecule has 0 spiro atoms. The van der Waals surface area contributed by atoms with Gasteiger partial charge in [-0.15, -0.1) is 0 Å². The second kappa shape index (κ2) is 9.57. The van der Waals surface area contributed by atoms with Crippen molar-refractivity contribution in [3.05, 3.63) is 59.2 Å². The highest BCUT2D eigenvalue weighted by molar-refractivity contribution is 5.95. The maximum absolute atomic E-state index is 12.7. The minimum absolute atomic E-state index is 0.0247. The van der Waals surface area contributed by atoms with E-state index >= 15 is 0 Å². The number of morpholine rings is 1. The number of hydrogen-bond donors (Lipinski definition) is 1. The van der Waals surface area contributed by atoms with Gasteiger partial charge in [0.2, 0.25) is 0 Å². The maximum atomic E-state index is 12.7. The summed E-state index contributed by atoms with van der Waals surface area (Å²) in [6.07, 6.45) is 0. The van der Waals surface area contributed by atoms with Crippen molar-refractivity contribution < 1.29 is 19.0 Å². The molecule has 0 unspecified atom stereocenters. The Morgan fingerprint density at radius 1 is 1.11 bits per heavy atom. The molecule has 1 heterocycles. The predicted molar refractivity (Wildman–Crippen MR) is 108 cm³/mol. The quantitative estimate of drug-likeness (QED) is 0.795. The number of rotatable bonds is 7. The molecular weight excluding hydrogens is 356 g/mol. The minimum Gasteiger partial charge on any atom is -0.493 e. The summed E-state index contributed by atoms with van der Waals surface area (Å²) in [6, 6.07) is 13.6. The van der Waals surface area contributed by atoms with Crippen molar-refractivity contribution in [2.24, 2.45) is 0 Å². The number of nitrogens with zero attached hydrogens (tertiary/aromatic N) is 1. The van der Waals surface area contributed by atoms with Gasteiger partial charge < -0.3 is 19.5 Å². The van der Waals surface area contributed by atoms with E-state index in [4.69, 9.17) is 14.2 Å². The third kappa shape index (κ3) is 4.64. The Balaban J connectivity index is 1.81. The summed E-state index contributed by atoms with van der Waals surface area (Å²) in [5, 5.41) is 3.11. The first-order valence-electron chi connectivity index (χ1n) is 9.51. The van der Waals surface area contributed by atoms with Crippen LogP contribution in [-0.2, 0) is 4.74 Å². The van der Waals surface area contributed by atoms with Crippen molar-refractivity contribution in [1.29, 1.82) is 0 Å². The highest BCUT2D eigenvalue weighted by atomic mass is 16.5. The lowest BCUT2D eigenvalue weighted by atomic mass is 10.0. The predicted octanol–water partition coefficient (Wildman–Crippen LogP) is 2.82. The molecule has 0 aromatic heterocycles. The van der Waals surface area contributed by atoms with Crippen molar-refractivity contribution in [3.8, 4) is 11.5 Å². The molecule has 0 saturated carbocycles. The molecule has 0 radical (unpaired) electrons. The van der Waals surface area contributed by atoms with Crippen LogP contribution < -0.4 is 14.8 Å². The van der Waals surface area contributed by atoms with Crippen LogP contribution in [0.1, 0.15) is 27.5 Å². The topological polar surface area (TPSA) is 60.0 Å². The van der Waals surface area contributed by atoms with E-state index < -0.39 is 0 Å². The first-order valence-corrected chi connectivity index (χ1v) is 9.51. The highest BCUT2D eigenvalue weighted by Crippen LogP contribution is 2.32. The van der Waals surface area contributed by atoms with Gasteiger partial charge in [-0.3, -0.25) is 9.69 Å². The maximum Gasteiger partial charge on any atom is 0.251 e. The zero-order chi connectivity index (χ0) is 19.9. The average Bonchev–Trinajstić information content (AvgIpc) is 2.74. The SMILES string of the molecule is COc1ccc([C@@H](CNC(=O)c2ccccc2C)N2CCOCC2)cc1OC. The molecule has 1 fully saturated rings. The van der Waals surface area contributed by atoms with Gasteiger partial charge in [0.25, 0.3) is 5.91 Å². The van der Waals surface area contributed by atoms with E-state index in [0.29, 0.717) is 36.8 Å². The second-order valence-electron chi connectivity index (χ2n) is 6.80. The van der Waals surface area contributed by atoms with Gasteiger partial charge in [0.15, 0.2) is 11.5 Å². The van der Waals surface area contributed by atoms with E-state index in [-0.39, 0.29) is 11.9 Å². The van der Waals surface area contributed by atoms with Crippen molar-refractivity contribution in [3.63, 3.8) is 0 Å². The Hall–Kier alpha value is -2.57. The van der Waals surface area contributed by atoms with Crippen LogP contribution in [0.2, 0.25) is 0 Å². The summed E-state index contributed by atoms with van der Waals surface area (Å²) >= 11 is 0. The van der Waals surface area contributed by atoms with Gasteiger partial charge in [-0.1, -0.05) is 24.3 Å². The van der Waals surface area contributed by atoms with Gasteiger partial charge in [-0.05, 0) is 36.2 Å². The number of methoxy groups -OCH3 is 2. The Bertz CT molecular complexity index is 803. The molecule has 2 aromatic carbocycles. The van der Waals surface area contributed by atoms with Crippen LogP contribution in [0.25, 0.3) is 0 Å². The van der Waals surface area contributed by atoms with E-state index in [1.54, 1.807) is 14.2 Å². The monoisotopic (exact) mass is 384 g/mol. The molecule has 150 valence electrons. The van der Waals surface area contributed by atoms with E-state index in [1.807, 2.05) is 49.4 Å². The summed E-state index contributed by atoms with van der Waals surface area (Å²) in [7, 11) is 3.25. The Kier molecular flexibility index (Phi) is 6.90. The molecule has 1 aliphatic rings. The lowest BCUT2D eigenvalue weighted by Crippen LogP contribution is -2.43. The minimum atomic E-state index is -0.0585.